The van der Waals surface area contributed by atoms with Crippen molar-refractivity contribution in [3.05, 3.63) is 52.9 Å². The van der Waals surface area contributed by atoms with Crippen LogP contribution in [-0.4, -0.2) is 34.7 Å². The molecule has 2 rings (SSSR count). The van der Waals surface area contributed by atoms with Gasteiger partial charge in [0.2, 0.25) is 0 Å². The molecule has 0 saturated heterocycles. The summed E-state index contributed by atoms with van der Waals surface area (Å²) in [5, 5.41) is 12.3. The number of carbonyl (C=O) groups is 1. The Labute approximate surface area is 123 Å². The molecule has 0 spiro atoms. The first-order chi connectivity index (χ1) is 10.1. The Balaban J connectivity index is 2.04. The zero-order valence-electron chi connectivity index (χ0n) is 12.0. The minimum Gasteiger partial charge on any atom is -0.384 e. The molecule has 0 unspecified atom stereocenters. The number of amides is 1. The molecular formula is C16H16N2O3. The molecule has 5 nitrogen and oxygen atoms in total. The second-order valence-corrected chi connectivity index (χ2v) is 4.61. The maximum Gasteiger partial charge on any atom is 0.259 e. The van der Waals surface area contributed by atoms with Crippen LogP contribution in [0.3, 0.4) is 0 Å². The van der Waals surface area contributed by atoms with E-state index in [-0.39, 0.29) is 12.5 Å². The van der Waals surface area contributed by atoms with Crippen molar-refractivity contribution in [3.8, 4) is 11.8 Å². The summed E-state index contributed by atoms with van der Waals surface area (Å²) in [7, 11) is 1.73. The van der Waals surface area contributed by atoms with E-state index in [0.717, 1.165) is 11.1 Å². The molecule has 1 N–H and O–H groups in total. The van der Waals surface area contributed by atoms with Crippen LogP contribution in [0.1, 0.15) is 27.2 Å². The number of benzene rings is 1. The molecule has 108 valence electrons. The van der Waals surface area contributed by atoms with Crippen LogP contribution in [0.25, 0.3) is 0 Å². The van der Waals surface area contributed by atoms with Gasteiger partial charge in [0.25, 0.3) is 5.91 Å². The number of carbonyl (C=O) groups excluding carboxylic acids is 1. The zero-order valence-corrected chi connectivity index (χ0v) is 12.0. The molecule has 0 radical (unpaired) electrons. The number of aliphatic hydroxyl groups excluding tert-OH is 1. The van der Waals surface area contributed by atoms with Gasteiger partial charge < -0.3 is 14.5 Å². The minimum absolute atomic E-state index is 0.127. The number of aryl methyl sites for hydroxylation is 1. The van der Waals surface area contributed by atoms with Crippen LogP contribution in [0.15, 0.2) is 35.0 Å². The number of hydrogen-bond acceptors (Lipinski definition) is 4. The molecule has 0 bridgehead atoms. The van der Waals surface area contributed by atoms with Crippen molar-refractivity contribution in [2.24, 2.45) is 0 Å². The highest BCUT2D eigenvalue weighted by Crippen LogP contribution is 2.12. The third-order valence-electron chi connectivity index (χ3n) is 3.01. The Morgan fingerprint density at radius 1 is 1.38 bits per heavy atom. The van der Waals surface area contributed by atoms with Gasteiger partial charge in [-0.05, 0) is 24.6 Å². The third kappa shape index (κ3) is 3.71. The Morgan fingerprint density at radius 2 is 2.10 bits per heavy atom. The lowest BCUT2D eigenvalue weighted by atomic mass is 10.1. The average molecular weight is 284 g/mol. The molecule has 1 heterocycles. The molecule has 0 aliphatic rings. The Kier molecular flexibility index (Phi) is 4.75. The first-order valence-corrected chi connectivity index (χ1v) is 6.47. The van der Waals surface area contributed by atoms with Gasteiger partial charge in [0, 0.05) is 19.2 Å². The van der Waals surface area contributed by atoms with Crippen LogP contribution in [0, 0.1) is 18.8 Å². The highest BCUT2D eigenvalue weighted by atomic mass is 16.5. The summed E-state index contributed by atoms with van der Waals surface area (Å²) in [5.74, 6) is 5.81. The van der Waals surface area contributed by atoms with Crippen LogP contribution < -0.4 is 0 Å². The summed E-state index contributed by atoms with van der Waals surface area (Å²) in [5.41, 5.74) is 2.30. The minimum atomic E-state index is -0.156. The third-order valence-corrected chi connectivity index (χ3v) is 3.01. The number of hydrogen-bond donors (Lipinski definition) is 1. The number of rotatable bonds is 3. The average Bonchev–Trinajstić information content (AvgIpc) is 2.92. The zero-order chi connectivity index (χ0) is 15.2. The molecule has 0 fully saturated rings. The summed E-state index contributed by atoms with van der Waals surface area (Å²) in [6.07, 6.45) is 1.43. The molecule has 2 aromatic rings. The fraction of sp³-hybridized carbons (Fsp3) is 0.250. The van der Waals surface area contributed by atoms with E-state index in [1.165, 1.54) is 6.20 Å². The highest BCUT2D eigenvalue weighted by molar-refractivity contribution is 5.94. The predicted molar refractivity (Wildman–Crippen MR) is 77.4 cm³/mol. The summed E-state index contributed by atoms with van der Waals surface area (Å²) in [4.78, 5) is 13.8. The summed E-state index contributed by atoms with van der Waals surface area (Å²) in [6.45, 7) is 2.04. The second kappa shape index (κ2) is 6.73. The van der Waals surface area contributed by atoms with E-state index in [1.807, 2.05) is 24.3 Å². The first kappa shape index (κ1) is 14.8. The van der Waals surface area contributed by atoms with E-state index in [9.17, 15) is 4.79 Å². The normalized spacial score (nSPS) is 9.86. The van der Waals surface area contributed by atoms with Gasteiger partial charge in [-0.15, -0.1) is 0 Å². The Morgan fingerprint density at radius 3 is 2.67 bits per heavy atom. The Hall–Kier alpha value is -2.58. The fourth-order valence-electron chi connectivity index (χ4n) is 1.89. The lowest BCUT2D eigenvalue weighted by Crippen LogP contribution is -2.26. The van der Waals surface area contributed by atoms with Crippen LogP contribution in [0.5, 0.6) is 0 Å². The SMILES string of the molecule is Cc1oncc1C(=O)N(C)Cc1ccc(C#CCO)cc1. The smallest absolute Gasteiger partial charge is 0.259 e. The largest absolute Gasteiger partial charge is 0.384 e. The van der Waals surface area contributed by atoms with E-state index < -0.39 is 0 Å². The van der Waals surface area contributed by atoms with Crippen LogP contribution in [0.4, 0.5) is 0 Å². The topological polar surface area (TPSA) is 66.6 Å². The quantitative estimate of drug-likeness (QED) is 0.869. The summed E-state index contributed by atoms with van der Waals surface area (Å²) < 4.78 is 4.91. The number of aromatic nitrogens is 1. The van der Waals surface area contributed by atoms with E-state index in [1.54, 1.807) is 18.9 Å². The van der Waals surface area contributed by atoms with Crippen molar-refractivity contribution in [2.75, 3.05) is 13.7 Å². The van der Waals surface area contributed by atoms with Gasteiger partial charge in [0.1, 0.15) is 17.9 Å². The monoisotopic (exact) mass is 284 g/mol. The van der Waals surface area contributed by atoms with Crippen molar-refractivity contribution in [2.45, 2.75) is 13.5 Å². The molecule has 5 heteroatoms. The van der Waals surface area contributed by atoms with Crippen molar-refractivity contribution >= 4 is 5.91 Å². The molecule has 1 amide bonds. The van der Waals surface area contributed by atoms with Crippen LogP contribution in [0.2, 0.25) is 0 Å². The van der Waals surface area contributed by atoms with Crippen LogP contribution in [-0.2, 0) is 6.54 Å². The van der Waals surface area contributed by atoms with E-state index in [2.05, 4.69) is 17.0 Å². The number of nitrogens with zero attached hydrogens (tertiary/aromatic N) is 2. The van der Waals surface area contributed by atoms with Gasteiger partial charge in [-0.3, -0.25) is 4.79 Å². The lowest BCUT2D eigenvalue weighted by Gasteiger charge is -2.16. The molecule has 0 atom stereocenters. The van der Waals surface area contributed by atoms with Crippen molar-refractivity contribution in [1.29, 1.82) is 0 Å². The molecule has 0 aliphatic carbocycles. The molecule has 1 aromatic heterocycles. The predicted octanol–water partition coefficient (Wildman–Crippen LogP) is 1.60. The molecule has 21 heavy (non-hydrogen) atoms. The van der Waals surface area contributed by atoms with E-state index in [0.29, 0.717) is 17.9 Å². The lowest BCUT2D eigenvalue weighted by molar-refractivity contribution is 0.0783. The highest BCUT2D eigenvalue weighted by Gasteiger charge is 2.17. The number of aliphatic hydroxyl groups is 1. The van der Waals surface area contributed by atoms with Gasteiger partial charge >= 0.3 is 0 Å². The molecule has 1 aromatic carbocycles. The summed E-state index contributed by atoms with van der Waals surface area (Å²) >= 11 is 0. The second-order valence-electron chi connectivity index (χ2n) is 4.61. The Bertz CT molecular complexity index is 678. The fourth-order valence-corrected chi connectivity index (χ4v) is 1.89. The molecule has 0 saturated carbocycles. The van der Waals surface area contributed by atoms with Crippen molar-refractivity contribution in [1.82, 2.24) is 10.1 Å². The summed E-state index contributed by atoms with van der Waals surface area (Å²) in [6, 6.07) is 7.54. The standard InChI is InChI=1S/C16H16N2O3/c1-12-15(10-17-21-12)16(20)18(2)11-14-7-5-13(6-8-14)4-3-9-19/h5-8,10,19H,9,11H2,1-2H3. The van der Waals surface area contributed by atoms with Gasteiger partial charge in [-0.25, -0.2) is 0 Å². The van der Waals surface area contributed by atoms with Crippen LogP contribution >= 0.6 is 0 Å². The van der Waals surface area contributed by atoms with Crippen molar-refractivity contribution < 1.29 is 14.4 Å². The molecular weight excluding hydrogens is 268 g/mol. The maximum atomic E-state index is 12.2. The van der Waals surface area contributed by atoms with Gasteiger partial charge in [0.15, 0.2) is 0 Å². The van der Waals surface area contributed by atoms with E-state index >= 15 is 0 Å². The van der Waals surface area contributed by atoms with Gasteiger partial charge in [-0.1, -0.05) is 29.1 Å². The van der Waals surface area contributed by atoms with Gasteiger partial charge in [0.05, 0.1) is 6.20 Å². The van der Waals surface area contributed by atoms with Crippen molar-refractivity contribution in [3.63, 3.8) is 0 Å². The molecule has 0 aliphatic heterocycles. The first-order valence-electron chi connectivity index (χ1n) is 6.47. The van der Waals surface area contributed by atoms with Gasteiger partial charge in [-0.2, -0.15) is 0 Å². The maximum absolute atomic E-state index is 12.2. The van der Waals surface area contributed by atoms with E-state index in [4.69, 9.17) is 9.63 Å².